The number of ether oxygens (including phenoxy) is 2. The van der Waals surface area contributed by atoms with Crippen LogP contribution in [0.4, 0.5) is 0 Å². The Morgan fingerprint density at radius 2 is 2.00 bits per heavy atom. The lowest BCUT2D eigenvalue weighted by Gasteiger charge is -2.33. The van der Waals surface area contributed by atoms with Crippen LogP contribution in [0.3, 0.4) is 0 Å². The fraction of sp³-hybridized carbons (Fsp3) is 0.556. The molecular formula is C18H25NO4. The number of benzene rings is 1. The molecule has 0 radical (unpaired) electrons. The molecule has 1 aromatic carbocycles. The highest BCUT2D eigenvalue weighted by Gasteiger charge is 2.24. The van der Waals surface area contributed by atoms with Crippen LogP contribution in [0, 0.1) is 0 Å². The predicted octanol–water partition coefficient (Wildman–Crippen LogP) is 3.07. The van der Waals surface area contributed by atoms with Crippen molar-refractivity contribution in [2.24, 2.45) is 0 Å². The molecule has 126 valence electrons. The summed E-state index contributed by atoms with van der Waals surface area (Å²) in [6.45, 7) is 2.65. The van der Waals surface area contributed by atoms with Crippen LogP contribution < -0.4 is 9.47 Å². The summed E-state index contributed by atoms with van der Waals surface area (Å²) in [7, 11) is 1.53. The van der Waals surface area contributed by atoms with Gasteiger partial charge < -0.3 is 14.4 Å². The molecule has 0 saturated heterocycles. The third kappa shape index (κ3) is 4.47. The third-order valence-corrected chi connectivity index (χ3v) is 4.35. The van der Waals surface area contributed by atoms with Crippen molar-refractivity contribution >= 4 is 12.2 Å². The lowest BCUT2D eigenvalue weighted by molar-refractivity contribution is -0.136. The number of rotatable bonds is 7. The van der Waals surface area contributed by atoms with Gasteiger partial charge in [0.1, 0.15) is 6.29 Å². The van der Waals surface area contributed by atoms with E-state index in [1.165, 1.54) is 26.4 Å². The van der Waals surface area contributed by atoms with Crippen molar-refractivity contribution in [2.75, 3.05) is 20.3 Å². The highest BCUT2D eigenvalue weighted by molar-refractivity contribution is 5.79. The molecule has 0 spiro atoms. The molecule has 0 heterocycles. The Balaban J connectivity index is 2.00. The number of methoxy groups -OCH3 is 1. The second kappa shape index (κ2) is 8.56. The highest BCUT2D eigenvalue weighted by Crippen LogP contribution is 2.28. The van der Waals surface area contributed by atoms with Crippen LogP contribution in [-0.2, 0) is 4.79 Å². The first-order valence-corrected chi connectivity index (χ1v) is 8.25. The van der Waals surface area contributed by atoms with Crippen molar-refractivity contribution in [3.8, 4) is 11.5 Å². The van der Waals surface area contributed by atoms with Crippen LogP contribution >= 0.6 is 0 Å². The Hall–Kier alpha value is -2.04. The van der Waals surface area contributed by atoms with Crippen LogP contribution in [0.5, 0.6) is 11.5 Å². The van der Waals surface area contributed by atoms with Crippen molar-refractivity contribution in [1.82, 2.24) is 4.90 Å². The molecule has 1 amide bonds. The molecule has 1 aliphatic rings. The minimum Gasteiger partial charge on any atom is -0.493 e. The molecule has 0 unspecified atom stereocenters. The van der Waals surface area contributed by atoms with E-state index in [-0.39, 0.29) is 12.5 Å². The molecule has 0 N–H and O–H groups in total. The molecule has 2 rings (SSSR count). The van der Waals surface area contributed by atoms with E-state index in [0.29, 0.717) is 29.6 Å². The van der Waals surface area contributed by atoms with Crippen LogP contribution in [0.15, 0.2) is 18.2 Å². The van der Waals surface area contributed by atoms with Crippen LogP contribution in [0.25, 0.3) is 0 Å². The number of likely N-dealkylation sites (N-methyl/N-ethyl adjacent to an activating group) is 1. The van der Waals surface area contributed by atoms with Crippen molar-refractivity contribution in [3.05, 3.63) is 23.8 Å². The van der Waals surface area contributed by atoms with Gasteiger partial charge in [-0.05, 0) is 38.0 Å². The van der Waals surface area contributed by atoms with Gasteiger partial charge in [0.2, 0.25) is 0 Å². The SMILES string of the molecule is CCN(C(=O)COc1cc(C=O)ccc1OC)C1CCCCC1. The summed E-state index contributed by atoms with van der Waals surface area (Å²) < 4.78 is 10.8. The molecule has 1 aliphatic carbocycles. The molecule has 0 aromatic heterocycles. The molecule has 0 aliphatic heterocycles. The number of hydrogen-bond donors (Lipinski definition) is 0. The summed E-state index contributed by atoms with van der Waals surface area (Å²) in [6.07, 6.45) is 6.52. The van der Waals surface area contributed by atoms with Gasteiger partial charge in [0, 0.05) is 18.2 Å². The Labute approximate surface area is 137 Å². The smallest absolute Gasteiger partial charge is 0.260 e. The van der Waals surface area contributed by atoms with E-state index in [4.69, 9.17) is 9.47 Å². The minimum atomic E-state index is -0.0387. The van der Waals surface area contributed by atoms with Crippen LogP contribution in [0.2, 0.25) is 0 Å². The number of carbonyl (C=O) groups excluding carboxylic acids is 2. The molecular weight excluding hydrogens is 294 g/mol. The molecule has 0 bridgehead atoms. The summed E-state index contributed by atoms with van der Waals surface area (Å²) in [5.41, 5.74) is 0.493. The van der Waals surface area contributed by atoms with Gasteiger partial charge in [0.25, 0.3) is 5.91 Å². The Morgan fingerprint density at radius 1 is 1.26 bits per heavy atom. The molecule has 0 atom stereocenters. The normalized spacial score (nSPS) is 15.0. The van der Waals surface area contributed by atoms with E-state index in [1.54, 1.807) is 18.2 Å². The second-order valence-electron chi connectivity index (χ2n) is 5.79. The average Bonchev–Trinajstić information content (AvgIpc) is 2.61. The fourth-order valence-electron chi connectivity index (χ4n) is 3.13. The lowest BCUT2D eigenvalue weighted by Crippen LogP contribution is -2.43. The first-order valence-electron chi connectivity index (χ1n) is 8.25. The zero-order valence-corrected chi connectivity index (χ0v) is 13.9. The maximum absolute atomic E-state index is 12.5. The lowest BCUT2D eigenvalue weighted by atomic mass is 9.94. The van der Waals surface area contributed by atoms with Gasteiger partial charge in [-0.1, -0.05) is 19.3 Å². The van der Waals surface area contributed by atoms with E-state index in [2.05, 4.69) is 0 Å². The van der Waals surface area contributed by atoms with Gasteiger partial charge in [0.05, 0.1) is 7.11 Å². The number of carbonyl (C=O) groups is 2. The van der Waals surface area contributed by atoms with Gasteiger partial charge in [-0.25, -0.2) is 0 Å². The summed E-state index contributed by atoms with van der Waals surface area (Å²) in [4.78, 5) is 25.3. The topological polar surface area (TPSA) is 55.8 Å². The third-order valence-electron chi connectivity index (χ3n) is 4.35. The maximum Gasteiger partial charge on any atom is 0.260 e. The minimum absolute atomic E-state index is 0.0158. The molecule has 1 aromatic rings. The Bertz CT molecular complexity index is 538. The maximum atomic E-state index is 12.5. The van der Waals surface area contributed by atoms with E-state index in [9.17, 15) is 9.59 Å². The van der Waals surface area contributed by atoms with Crippen molar-refractivity contribution in [1.29, 1.82) is 0 Å². The molecule has 1 fully saturated rings. The van der Waals surface area contributed by atoms with Gasteiger partial charge >= 0.3 is 0 Å². The summed E-state index contributed by atoms with van der Waals surface area (Å²) in [6, 6.07) is 5.24. The molecule has 23 heavy (non-hydrogen) atoms. The Morgan fingerprint density at radius 3 is 2.61 bits per heavy atom. The summed E-state index contributed by atoms with van der Waals surface area (Å²) in [5, 5.41) is 0. The van der Waals surface area contributed by atoms with Gasteiger partial charge in [-0.2, -0.15) is 0 Å². The Kier molecular flexibility index (Phi) is 6.44. The fourth-order valence-corrected chi connectivity index (χ4v) is 3.13. The molecule has 1 saturated carbocycles. The zero-order valence-electron chi connectivity index (χ0n) is 13.9. The average molecular weight is 319 g/mol. The van der Waals surface area contributed by atoms with Gasteiger partial charge in [-0.3, -0.25) is 9.59 Å². The quantitative estimate of drug-likeness (QED) is 0.725. The van der Waals surface area contributed by atoms with Gasteiger partial charge in [-0.15, -0.1) is 0 Å². The molecule has 5 heteroatoms. The van der Waals surface area contributed by atoms with E-state index in [1.807, 2.05) is 11.8 Å². The predicted molar refractivity (Wildman–Crippen MR) is 88.1 cm³/mol. The second-order valence-corrected chi connectivity index (χ2v) is 5.79. The summed E-state index contributed by atoms with van der Waals surface area (Å²) >= 11 is 0. The monoisotopic (exact) mass is 319 g/mol. The summed E-state index contributed by atoms with van der Waals surface area (Å²) in [5.74, 6) is 0.923. The van der Waals surface area contributed by atoms with Crippen molar-refractivity contribution in [2.45, 2.75) is 45.1 Å². The first kappa shape index (κ1) is 17.3. The number of nitrogens with zero attached hydrogens (tertiary/aromatic N) is 1. The van der Waals surface area contributed by atoms with Crippen LogP contribution in [-0.4, -0.2) is 43.4 Å². The largest absolute Gasteiger partial charge is 0.493 e. The van der Waals surface area contributed by atoms with Crippen molar-refractivity contribution < 1.29 is 19.1 Å². The standard InChI is InChI=1S/C18H25NO4/c1-3-19(15-7-5-4-6-8-15)18(21)13-23-17-11-14(12-20)9-10-16(17)22-2/h9-12,15H,3-8,13H2,1-2H3. The van der Waals surface area contributed by atoms with E-state index >= 15 is 0 Å². The number of hydrogen-bond acceptors (Lipinski definition) is 4. The van der Waals surface area contributed by atoms with E-state index in [0.717, 1.165) is 19.1 Å². The zero-order chi connectivity index (χ0) is 16.7. The number of aldehydes is 1. The molecule has 5 nitrogen and oxygen atoms in total. The van der Waals surface area contributed by atoms with E-state index < -0.39 is 0 Å². The van der Waals surface area contributed by atoms with Crippen LogP contribution in [0.1, 0.15) is 49.4 Å². The first-order chi connectivity index (χ1) is 11.2. The van der Waals surface area contributed by atoms with Gasteiger partial charge in [0.15, 0.2) is 18.1 Å². The van der Waals surface area contributed by atoms with Crippen molar-refractivity contribution in [3.63, 3.8) is 0 Å². The highest BCUT2D eigenvalue weighted by atomic mass is 16.5. The number of amides is 1.